The summed E-state index contributed by atoms with van der Waals surface area (Å²) in [5.74, 6) is 0.617. The molecule has 2 rings (SSSR count). The molecule has 0 aliphatic rings. The number of nitrogens with one attached hydrogen (secondary N) is 1. The van der Waals surface area contributed by atoms with Crippen molar-refractivity contribution >= 4 is 17.2 Å². The van der Waals surface area contributed by atoms with Gasteiger partial charge in [0, 0.05) is 29.7 Å². The molecule has 0 aliphatic carbocycles. The molecule has 0 aliphatic heterocycles. The monoisotopic (exact) mass is 345 g/mol. The fourth-order valence-electron chi connectivity index (χ4n) is 2.48. The van der Waals surface area contributed by atoms with Crippen LogP contribution in [0.4, 0.5) is 0 Å². The molecule has 0 saturated heterocycles. The highest BCUT2D eigenvalue weighted by atomic mass is 32.1. The Hall–Kier alpha value is -1.72. The third-order valence-electron chi connectivity index (χ3n) is 3.95. The number of benzene rings is 1. The Bertz CT molecular complexity index is 649. The average molecular weight is 346 g/mol. The van der Waals surface area contributed by atoms with Crippen LogP contribution in [0.15, 0.2) is 30.5 Å². The van der Waals surface area contributed by atoms with Gasteiger partial charge < -0.3 is 5.32 Å². The zero-order valence-electron chi connectivity index (χ0n) is 15.0. The minimum absolute atomic E-state index is 0.0772. The Labute approximate surface area is 148 Å². The molecule has 0 bridgehead atoms. The van der Waals surface area contributed by atoms with Crippen LogP contribution in [0.2, 0.25) is 0 Å². The van der Waals surface area contributed by atoms with Gasteiger partial charge in [0.1, 0.15) is 5.01 Å². The lowest BCUT2D eigenvalue weighted by Crippen LogP contribution is -2.36. The van der Waals surface area contributed by atoms with Crippen LogP contribution < -0.4 is 5.32 Å². The number of hydrogen-bond acceptors (Lipinski definition) is 4. The molecular weight excluding hydrogens is 318 g/mol. The number of nitrogens with zero attached hydrogens (tertiary/aromatic N) is 2. The minimum atomic E-state index is 0.0772. The van der Waals surface area contributed by atoms with Crippen LogP contribution in [-0.2, 0) is 11.3 Å². The van der Waals surface area contributed by atoms with E-state index in [4.69, 9.17) is 0 Å². The predicted molar refractivity (Wildman–Crippen MR) is 101 cm³/mol. The van der Waals surface area contributed by atoms with E-state index in [2.05, 4.69) is 60.2 Å². The number of likely N-dealkylation sites (N-methyl/N-ethyl adjacent to an activating group) is 2. The molecule has 0 radical (unpaired) electrons. The maximum Gasteiger partial charge on any atom is 0.234 e. The number of amides is 1. The van der Waals surface area contributed by atoms with Crippen LogP contribution in [0.5, 0.6) is 0 Å². The molecule has 1 N–H and O–H groups in total. The van der Waals surface area contributed by atoms with Crippen molar-refractivity contribution in [1.82, 2.24) is 15.2 Å². The SMILES string of the molecule is CCNC(=O)CN(CC)Cc1cnc(-c2ccc(C(C)C)cc2)s1. The highest BCUT2D eigenvalue weighted by Crippen LogP contribution is 2.27. The molecule has 1 aromatic heterocycles. The van der Waals surface area contributed by atoms with Crippen LogP contribution in [0.1, 0.15) is 44.1 Å². The summed E-state index contributed by atoms with van der Waals surface area (Å²) in [7, 11) is 0. The summed E-state index contributed by atoms with van der Waals surface area (Å²) in [5, 5.41) is 3.89. The van der Waals surface area contributed by atoms with Crippen molar-refractivity contribution in [1.29, 1.82) is 0 Å². The Morgan fingerprint density at radius 1 is 1.25 bits per heavy atom. The van der Waals surface area contributed by atoms with Crippen LogP contribution in [-0.4, -0.2) is 35.4 Å². The van der Waals surface area contributed by atoms with Crippen LogP contribution in [0.3, 0.4) is 0 Å². The van der Waals surface area contributed by atoms with Crippen LogP contribution >= 0.6 is 11.3 Å². The molecule has 0 atom stereocenters. The number of carbonyl (C=O) groups excluding carboxylic acids is 1. The molecule has 5 heteroatoms. The Morgan fingerprint density at radius 3 is 2.54 bits per heavy atom. The first-order valence-corrected chi connectivity index (χ1v) is 9.39. The predicted octanol–water partition coefficient (Wildman–Crippen LogP) is 3.89. The summed E-state index contributed by atoms with van der Waals surface area (Å²) in [6.07, 6.45) is 1.93. The molecule has 1 heterocycles. The van der Waals surface area contributed by atoms with Crippen molar-refractivity contribution in [3.05, 3.63) is 40.9 Å². The molecular formula is C19H27N3OS. The van der Waals surface area contributed by atoms with Gasteiger partial charge in [0.15, 0.2) is 0 Å². The normalized spacial score (nSPS) is 11.2. The molecule has 0 saturated carbocycles. The van der Waals surface area contributed by atoms with Gasteiger partial charge in [-0.2, -0.15) is 0 Å². The van der Waals surface area contributed by atoms with Gasteiger partial charge in [-0.05, 0) is 24.9 Å². The zero-order chi connectivity index (χ0) is 17.5. The van der Waals surface area contributed by atoms with Gasteiger partial charge in [-0.15, -0.1) is 11.3 Å². The van der Waals surface area contributed by atoms with Crippen molar-refractivity contribution < 1.29 is 4.79 Å². The van der Waals surface area contributed by atoms with Gasteiger partial charge in [-0.25, -0.2) is 4.98 Å². The number of carbonyl (C=O) groups is 1. The Morgan fingerprint density at radius 2 is 1.96 bits per heavy atom. The second-order valence-electron chi connectivity index (χ2n) is 6.17. The van der Waals surface area contributed by atoms with E-state index in [0.29, 0.717) is 19.0 Å². The van der Waals surface area contributed by atoms with E-state index in [1.807, 2.05) is 13.1 Å². The summed E-state index contributed by atoms with van der Waals surface area (Å²) in [5.41, 5.74) is 2.50. The first-order valence-electron chi connectivity index (χ1n) is 8.57. The van der Waals surface area contributed by atoms with Crippen molar-refractivity contribution in [3.8, 4) is 10.6 Å². The minimum Gasteiger partial charge on any atom is -0.355 e. The topological polar surface area (TPSA) is 45.2 Å². The molecule has 4 nitrogen and oxygen atoms in total. The number of aromatic nitrogens is 1. The van der Waals surface area contributed by atoms with Gasteiger partial charge in [-0.3, -0.25) is 9.69 Å². The first kappa shape index (κ1) is 18.6. The zero-order valence-corrected chi connectivity index (χ0v) is 15.8. The van der Waals surface area contributed by atoms with Crippen molar-refractivity contribution in [2.45, 2.75) is 40.2 Å². The first-order chi connectivity index (χ1) is 11.5. The third-order valence-corrected chi connectivity index (χ3v) is 4.98. The molecule has 0 fully saturated rings. The van der Waals surface area contributed by atoms with E-state index in [9.17, 15) is 4.79 Å². The van der Waals surface area contributed by atoms with E-state index < -0.39 is 0 Å². The standard InChI is InChI=1S/C19H27N3OS/c1-5-20-18(23)13-22(6-2)12-17-11-21-19(24-17)16-9-7-15(8-10-16)14(3)4/h7-11,14H,5-6,12-13H2,1-4H3,(H,20,23). The molecule has 0 spiro atoms. The van der Waals surface area contributed by atoms with E-state index in [1.54, 1.807) is 11.3 Å². The second-order valence-corrected chi connectivity index (χ2v) is 7.28. The lowest BCUT2D eigenvalue weighted by molar-refractivity contribution is -0.122. The van der Waals surface area contributed by atoms with Gasteiger partial charge in [0.2, 0.25) is 5.91 Å². The van der Waals surface area contributed by atoms with Crippen molar-refractivity contribution in [2.75, 3.05) is 19.6 Å². The summed E-state index contributed by atoms with van der Waals surface area (Å²) < 4.78 is 0. The van der Waals surface area contributed by atoms with E-state index >= 15 is 0 Å². The Balaban J connectivity index is 2.02. The molecule has 1 amide bonds. The van der Waals surface area contributed by atoms with E-state index in [0.717, 1.165) is 23.7 Å². The highest BCUT2D eigenvalue weighted by molar-refractivity contribution is 7.15. The molecule has 24 heavy (non-hydrogen) atoms. The largest absolute Gasteiger partial charge is 0.355 e. The smallest absolute Gasteiger partial charge is 0.234 e. The maximum atomic E-state index is 11.8. The maximum absolute atomic E-state index is 11.8. The average Bonchev–Trinajstić information content (AvgIpc) is 3.03. The fourth-order valence-corrected chi connectivity index (χ4v) is 3.44. The van der Waals surface area contributed by atoms with Crippen molar-refractivity contribution in [3.63, 3.8) is 0 Å². The lowest BCUT2D eigenvalue weighted by Gasteiger charge is -2.18. The quantitative estimate of drug-likeness (QED) is 0.789. The summed E-state index contributed by atoms with van der Waals surface area (Å²) >= 11 is 1.70. The number of rotatable bonds is 8. The number of hydrogen-bond donors (Lipinski definition) is 1. The van der Waals surface area contributed by atoms with E-state index in [1.165, 1.54) is 10.4 Å². The van der Waals surface area contributed by atoms with Gasteiger partial charge in [-0.1, -0.05) is 45.0 Å². The van der Waals surface area contributed by atoms with Gasteiger partial charge in [0.25, 0.3) is 0 Å². The fraction of sp³-hybridized carbons (Fsp3) is 0.474. The molecule has 0 unspecified atom stereocenters. The highest BCUT2D eigenvalue weighted by Gasteiger charge is 2.12. The third kappa shape index (κ3) is 5.14. The second kappa shape index (κ2) is 8.94. The summed E-state index contributed by atoms with van der Waals surface area (Å²) in [6.45, 7) is 11.1. The van der Waals surface area contributed by atoms with E-state index in [-0.39, 0.29) is 5.91 Å². The molecule has 1 aromatic carbocycles. The lowest BCUT2D eigenvalue weighted by atomic mass is 10.0. The summed E-state index contributed by atoms with van der Waals surface area (Å²) in [4.78, 5) is 19.6. The van der Waals surface area contributed by atoms with Gasteiger partial charge >= 0.3 is 0 Å². The molecule has 130 valence electrons. The summed E-state index contributed by atoms with van der Waals surface area (Å²) in [6, 6.07) is 8.64. The van der Waals surface area contributed by atoms with Crippen LogP contribution in [0, 0.1) is 0 Å². The van der Waals surface area contributed by atoms with Crippen molar-refractivity contribution in [2.24, 2.45) is 0 Å². The molecule has 2 aromatic rings. The van der Waals surface area contributed by atoms with Crippen LogP contribution in [0.25, 0.3) is 10.6 Å². The number of thiazole rings is 1. The Kier molecular flexibility index (Phi) is 6.94. The van der Waals surface area contributed by atoms with Gasteiger partial charge in [0.05, 0.1) is 6.54 Å².